The van der Waals surface area contributed by atoms with Crippen LogP contribution in [0.15, 0.2) is 0 Å². The summed E-state index contributed by atoms with van der Waals surface area (Å²) in [6.07, 6.45) is 0.910. The fraction of sp³-hybridized carbons (Fsp3) is 0.571. The lowest BCUT2D eigenvalue weighted by Gasteiger charge is -1.96. The van der Waals surface area contributed by atoms with Crippen molar-refractivity contribution in [3.63, 3.8) is 0 Å². The van der Waals surface area contributed by atoms with Crippen molar-refractivity contribution in [2.24, 2.45) is 0 Å². The predicted molar refractivity (Wildman–Crippen MR) is 36.3 cm³/mol. The van der Waals surface area contributed by atoms with E-state index in [1.54, 1.807) is 0 Å². The highest BCUT2D eigenvalue weighted by Gasteiger charge is 1.84. The summed E-state index contributed by atoms with van der Waals surface area (Å²) in [6, 6.07) is 0.0925. The average molecular weight is 110 g/mol. The second kappa shape index (κ2) is 4.67. The highest BCUT2D eigenvalue weighted by molar-refractivity contribution is 5.07. The Bertz CT molecular complexity index is 96.7. The number of hydrogen-bond donors (Lipinski definition) is 1. The van der Waals surface area contributed by atoms with Gasteiger partial charge in [0.05, 0.1) is 6.04 Å². The van der Waals surface area contributed by atoms with Gasteiger partial charge in [0.15, 0.2) is 0 Å². The molecule has 0 aromatic heterocycles. The Kier molecular flexibility index (Phi) is 4.39. The lowest BCUT2D eigenvalue weighted by molar-refractivity contribution is 0.807. The van der Waals surface area contributed by atoms with Gasteiger partial charge >= 0.3 is 0 Å². The molecule has 1 unspecified atom stereocenters. The molecule has 1 N–H and O–H groups in total. The minimum absolute atomic E-state index is 0.0925. The molecule has 0 saturated heterocycles. The molecule has 0 rings (SSSR count). The van der Waals surface area contributed by atoms with E-state index in [0.717, 1.165) is 6.42 Å². The van der Waals surface area contributed by atoms with E-state index < -0.39 is 0 Å². The normalized spacial score (nSPS) is 11.9. The summed E-state index contributed by atoms with van der Waals surface area (Å²) in [5.41, 5.74) is 0. The Balaban J connectivity index is 3.35. The molecular formula is C7H12N. The maximum absolute atomic E-state index is 3.71. The molecule has 0 aliphatic heterocycles. The second-order valence-corrected chi connectivity index (χ2v) is 1.52. The number of hydrogen-bond acceptors (Lipinski definition) is 1. The minimum Gasteiger partial charge on any atom is -0.307 e. The first-order chi connectivity index (χ1) is 3.81. The van der Waals surface area contributed by atoms with Gasteiger partial charge in [0, 0.05) is 6.42 Å². The molecule has 0 bridgehead atoms. The molecule has 0 aromatic rings. The molecule has 1 heteroatoms. The van der Waals surface area contributed by atoms with Crippen LogP contribution in [0.4, 0.5) is 0 Å². The van der Waals surface area contributed by atoms with Crippen LogP contribution in [0.25, 0.3) is 0 Å². The van der Waals surface area contributed by atoms with Crippen LogP contribution in [-0.4, -0.2) is 13.1 Å². The van der Waals surface area contributed by atoms with Crippen LogP contribution in [0.3, 0.4) is 0 Å². The van der Waals surface area contributed by atoms with Gasteiger partial charge in [0.2, 0.25) is 0 Å². The van der Waals surface area contributed by atoms with E-state index in [1.165, 1.54) is 0 Å². The van der Waals surface area contributed by atoms with E-state index >= 15 is 0 Å². The molecular weight excluding hydrogens is 98.1 g/mol. The topological polar surface area (TPSA) is 12.0 Å². The van der Waals surface area contributed by atoms with Crippen molar-refractivity contribution in [1.29, 1.82) is 0 Å². The highest BCUT2D eigenvalue weighted by atomic mass is 14.8. The zero-order valence-corrected chi connectivity index (χ0v) is 5.49. The SMILES string of the molecule is [CH2]C(C#CCC)NC. The molecule has 0 aliphatic carbocycles. The number of nitrogens with one attached hydrogen (secondary N) is 1. The summed E-state index contributed by atoms with van der Waals surface area (Å²) in [4.78, 5) is 0. The molecule has 0 saturated carbocycles. The van der Waals surface area contributed by atoms with Gasteiger partial charge in [-0.1, -0.05) is 12.8 Å². The molecule has 8 heavy (non-hydrogen) atoms. The van der Waals surface area contributed by atoms with Crippen LogP contribution in [0, 0.1) is 18.8 Å². The molecule has 1 nitrogen and oxygen atoms in total. The van der Waals surface area contributed by atoms with Crippen LogP contribution in [-0.2, 0) is 0 Å². The summed E-state index contributed by atoms with van der Waals surface area (Å²) in [7, 11) is 1.85. The maximum Gasteiger partial charge on any atom is 0.0688 e. The Labute approximate surface area is 51.5 Å². The van der Waals surface area contributed by atoms with Crippen LogP contribution < -0.4 is 5.32 Å². The van der Waals surface area contributed by atoms with Gasteiger partial charge < -0.3 is 5.32 Å². The van der Waals surface area contributed by atoms with Crippen molar-refractivity contribution in [2.45, 2.75) is 19.4 Å². The van der Waals surface area contributed by atoms with Gasteiger partial charge in [-0.05, 0) is 14.0 Å². The van der Waals surface area contributed by atoms with Gasteiger partial charge in [-0.15, -0.1) is 5.92 Å². The Hall–Kier alpha value is -0.480. The van der Waals surface area contributed by atoms with Crippen LogP contribution >= 0.6 is 0 Å². The molecule has 0 spiro atoms. The van der Waals surface area contributed by atoms with Crippen molar-refractivity contribution in [3.8, 4) is 11.8 Å². The summed E-state index contributed by atoms with van der Waals surface area (Å²) < 4.78 is 0. The summed E-state index contributed by atoms with van der Waals surface area (Å²) in [5.74, 6) is 5.83. The van der Waals surface area contributed by atoms with Gasteiger partial charge in [0.1, 0.15) is 0 Å². The largest absolute Gasteiger partial charge is 0.307 e. The van der Waals surface area contributed by atoms with Gasteiger partial charge in [-0.25, -0.2) is 0 Å². The van der Waals surface area contributed by atoms with Crippen molar-refractivity contribution >= 4 is 0 Å². The standard InChI is InChI=1S/C7H12N/c1-4-5-6-7(2)8-3/h7-8H,2,4H2,1,3H3. The zero-order chi connectivity index (χ0) is 6.41. The van der Waals surface area contributed by atoms with E-state index in [-0.39, 0.29) is 6.04 Å². The molecule has 0 aliphatic rings. The quantitative estimate of drug-likeness (QED) is 0.493. The Morgan fingerprint density at radius 1 is 1.75 bits per heavy atom. The third-order valence-corrected chi connectivity index (χ3v) is 0.802. The van der Waals surface area contributed by atoms with Crippen molar-refractivity contribution in [1.82, 2.24) is 5.32 Å². The second-order valence-electron chi connectivity index (χ2n) is 1.52. The van der Waals surface area contributed by atoms with Crippen molar-refractivity contribution < 1.29 is 0 Å². The molecule has 0 fully saturated rings. The monoisotopic (exact) mass is 110 g/mol. The summed E-state index contributed by atoms with van der Waals surface area (Å²) in [5, 5.41) is 2.92. The average Bonchev–Trinajstić information content (AvgIpc) is 1.83. The first-order valence-corrected chi connectivity index (χ1v) is 2.80. The fourth-order valence-corrected chi connectivity index (χ4v) is 0.297. The van der Waals surface area contributed by atoms with E-state index in [2.05, 4.69) is 24.1 Å². The third-order valence-electron chi connectivity index (χ3n) is 0.802. The van der Waals surface area contributed by atoms with E-state index in [9.17, 15) is 0 Å². The molecule has 0 amide bonds. The summed E-state index contributed by atoms with van der Waals surface area (Å²) >= 11 is 0. The van der Waals surface area contributed by atoms with Gasteiger partial charge in [-0.2, -0.15) is 0 Å². The van der Waals surface area contributed by atoms with Crippen LogP contribution in [0.5, 0.6) is 0 Å². The first-order valence-electron chi connectivity index (χ1n) is 2.80. The van der Waals surface area contributed by atoms with E-state index in [4.69, 9.17) is 0 Å². The molecule has 45 valence electrons. The zero-order valence-electron chi connectivity index (χ0n) is 5.49. The third kappa shape index (κ3) is 3.70. The molecule has 0 heterocycles. The van der Waals surface area contributed by atoms with Gasteiger partial charge in [-0.3, -0.25) is 0 Å². The summed E-state index contributed by atoms with van der Waals surface area (Å²) in [6.45, 7) is 5.73. The van der Waals surface area contributed by atoms with Crippen molar-refractivity contribution in [3.05, 3.63) is 6.92 Å². The fourth-order valence-electron chi connectivity index (χ4n) is 0.297. The predicted octanol–water partition coefficient (Wildman–Crippen LogP) is 0.822. The van der Waals surface area contributed by atoms with E-state index in [0.29, 0.717) is 0 Å². The Morgan fingerprint density at radius 3 is 2.75 bits per heavy atom. The number of rotatable bonds is 1. The van der Waals surface area contributed by atoms with Crippen molar-refractivity contribution in [2.75, 3.05) is 7.05 Å². The van der Waals surface area contributed by atoms with Crippen LogP contribution in [0.1, 0.15) is 13.3 Å². The lowest BCUT2D eigenvalue weighted by Crippen LogP contribution is -2.18. The first kappa shape index (κ1) is 7.52. The highest BCUT2D eigenvalue weighted by Crippen LogP contribution is 1.73. The minimum atomic E-state index is 0.0925. The maximum atomic E-state index is 3.71. The van der Waals surface area contributed by atoms with Crippen LogP contribution in [0.2, 0.25) is 0 Å². The molecule has 1 atom stereocenters. The molecule has 0 aromatic carbocycles. The smallest absolute Gasteiger partial charge is 0.0688 e. The Morgan fingerprint density at radius 2 is 2.38 bits per heavy atom. The van der Waals surface area contributed by atoms with E-state index in [1.807, 2.05) is 14.0 Å². The van der Waals surface area contributed by atoms with Gasteiger partial charge in [0.25, 0.3) is 0 Å². The molecule has 1 radical (unpaired) electrons. The lowest BCUT2D eigenvalue weighted by atomic mass is 10.3.